The molecule has 3 heteroatoms. The minimum atomic E-state index is -0.313. The minimum absolute atomic E-state index is 0.218. The molecular formula is C13H15NO2. The van der Waals surface area contributed by atoms with Crippen LogP contribution < -0.4 is 0 Å². The molecule has 0 heterocycles. The molecule has 0 unspecified atom stereocenters. The maximum absolute atomic E-state index is 10.7. The molecular weight excluding hydrogens is 202 g/mol. The largest absolute Gasteiger partial charge is 0.269 e. The summed E-state index contributed by atoms with van der Waals surface area (Å²) in [5.74, 6) is 0. The summed E-state index contributed by atoms with van der Waals surface area (Å²) in [7, 11) is 0. The van der Waals surface area contributed by atoms with Crippen molar-refractivity contribution in [1.29, 1.82) is 0 Å². The Morgan fingerprint density at radius 1 is 1.38 bits per heavy atom. The second-order valence-corrected chi connectivity index (χ2v) is 5.94. The normalized spacial score (nSPS) is 35.1. The zero-order valence-electron chi connectivity index (χ0n) is 9.40. The Balaban J connectivity index is 1.76. The quantitative estimate of drug-likeness (QED) is 0.575. The van der Waals surface area contributed by atoms with E-state index in [1.165, 1.54) is 19.3 Å². The van der Waals surface area contributed by atoms with Gasteiger partial charge in [-0.05, 0) is 42.1 Å². The molecule has 0 atom stereocenters. The summed E-state index contributed by atoms with van der Waals surface area (Å²) < 4.78 is 0. The smallest absolute Gasteiger partial charge is 0.258 e. The molecule has 0 spiro atoms. The fourth-order valence-corrected chi connectivity index (χ4v) is 3.96. The second kappa shape index (κ2) is 2.84. The van der Waals surface area contributed by atoms with Crippen molar-refractivity contribution in [3.05, 3.63) is 39.9 Å². The van der Waals surface area contributed by atoms with Gasteiger partial charge >= 0.3 is 0 Å². The first-order valence-corrected chi connectivity index (χ1v) is 5.74. The van der Waals surface area contributed by atoms with Crippen molar-refractivity contribution in [2.24, 2.45) is 10.8 Å². The Morgan fingerprint density at radius 2 is 2.06 bits per heavy atom. The van der Waals surface area contributed by atoms with E-state index in [-0.39, 0.29) is 10.6 Å². The third-order valence-electron chi connectivity index (χ3n) is 4.11. The van der Waals surface area contributed by atoms with Crippen LogP contribution in [-0.2, 0) is 6.42 Å². The van der Waals surface area contributed by atoms with Gasteiger partial charge in [0.1, 0.15) is 0 Å². The lowest BCUT2D eigenvalue weighted by Crippen LogP contribution is -2.60. The fraction of sp³-hybridized carbons (Fsp3) is 0.538. The fourth-order valence-electron chi connectivity index (χ4n) is 3.96. The third-order valence-corrected chi connectivity index (χ3v) is 4.11. The number of nitrogens with zero attached hydrogens (tertiary/aromatic N) is 1. The molecule has 2 bridgehead atoms. The molecule has 3 aliphatic rings. The monoisotopic (exact) mass is 217 g/mol. The highest BCUT2D eigenvalue weighted by molar-refractivity contribution is 5.36. The van der Waals surface area contributed by atoms with Crippen LogP contribution in [0, 0.1) is 20.9 Å². The van der Waals surface area contributed by atoms with Crippen molar-refractivity contribution in [3.8, 4) is 0 Å². The third kappa shape index (κ3) is 1.34. The van der Waals surface area contributed by atoms with Gasteiger partial charge in [0, 0.05) is 12.1 Å². The van der Waals surface area contributed by atoms with E-state index in [9.17, 15) is 10.1 Å². The highest BCUT2D eigenvalue weighted by Gasteiger charge is 2.64. The highest BCUT2D eigenvalue weighted by Crippen LogP contribution is 2.74. The molecule has 0 aliphatic heterocycles. The Kier molecular flexibility index (Phi) is 1.74. The predicted molar refractivity (Wildman–Crippen MR) is 61.2 cm³/mol. The molecule has 0 radical (unpaired) electrons. The molecule has 0 amide bonds. The van der Waals surface area contributed by atoms with Crippen molar-refractivity contribution in [1.82, 2.24) is 0 Å². The van der Waals surface area contributed by atoms with Gasteiger partial charge in [-0.25, -0.2) is 0 Å². The average Bonchev–Trinajstić information content (AvgIpc) is 2.14. The Hall–Kier alpha value is -1.38. The van der Waals surface area contributed by atoms with E-state index in [1.807, 2.05) is 6.07 Å². The maximum Gasteiger partial charge on any atom is 0.269 e. The minimum Gasteiger partial charge on any atom is -0.258 e. The van der Waals surface area contributed by atoms with Gasteiger partial charge in [0.15, 0.2) is 0 Å². The van der Waals surface area contributed by atoms with Crippen LogP contribution in [0.5, 0.6) is 0 Å². The van der Waals surface area contributed by atoms with E-state index in [4.69, 9.17) is 0 Å². The number of nitro groups is 1. The molecule has 0 saturated heterocycles. The SMILES string of the molecule is CC12CC(Cc3cccc([N+](=O)[O-])c3)(C1)C2. The van der Waals surface area contributed by atoms with Gasteiger partial charge in [-0.2, -0.15) is 0 Å². The summed E-state index contributed by atoms with van der Waals surface area (Å²) >= 11 is 0. The van der Waals surface area contributed by atoms with E-state index in [0.29, 0.717) is 10.8 Å². The number of hydrogen-bond acceptors (Lipinski definition) is 2. The summed E-state index contributed by atoms with van der Waals surface area (Å²) in [6.45, 7) is 2.34. The van der Waals surface area contributed by atoms with Gasteiger partial charge in [0.2, 0.25) is 0 Å². The highest BCUT2D eigenvalue weighted by atomic mass is 16.6. The summed E-state index contributed by atoms with van der Waals surface area (Å²) in [6.07, 6.45) is 4.94. The van der Waals surface area contributed by atoms with Crippen LogP contribution in [0.25, 0.3) is 0 Å². The molecule has 16 heavy (non-hydrogen) atoms. The van der Waals surface area contributed by atoms with Crippen LogP contribution in [0.2, 0.25) is 0 Å². The lowest BCUT2D eigenvalue weighted by Gasteiger charge is -2.70. The summed E-state index contributed by atoms with van der Waals surface area (Å²) in [5.41, 5.74) is 2.44. The standard InChI is InChI=1S/C13H15NO2/c1-12-7-13(8-12,9-12)6-10-3-2-4-11(5-10)14(15)16/h2-5H,6-9H2,1H3. The van der Waals surface area contributed by atoms with Crippen molar-refractivity contribution in [2.45, 2.75) is 32.6 Å². The number of non-ortho nitro benzene ring substituents is 1. The summed E-state index contributed by atoms with van der Waals surface area (Å²) in [6, 6.07) is 7.09. The Labute approximate surface area is 94.6 Å². The zero-order valence-corrected chi connectivity index (χ0v) is 9.40. The predicted octanol–water partition coefficient (Wildman–Crippen LogP) is 3.33. The number of benzene rings is 1. The number of rotatable bonds is 3. The van der Waals surface area contributed by atoms with Gasteiger partial charge in [-0.15, -0.1) is 0 Å². The van der Waals surface area contributed by atoms with E-state index in [1.54, 1.807) is 18.2 Å². The summed E-state index contributed by atoms with van der Waals surface area (Å²) in [5, 5.41) is 10.7. The molecule has 1 aromatic carbocycles. The molecule has 3 aliphatic carbocycles. The van der Waals surface area contributed by atoms with Crippen LogP contribution in [0.1, 0.15) is 31.7 Å². The lowest BCUT2D eigenvalue weighted by atomic mass is 9.35. The van der Waals surface area contributed by atoms with E-state index in [0.717, 1.165) is 12.0 Å². The van der Waals surface area contributed by atoms with E-state index < -0.39 is 0 Å². The van der Waals surface area contributed by atoms with Crippen molar-refractivity contribution in [3.63, 3.8) is 0 Å². The first-order chi connectivity index (χ1) is 7.50. The van der Waals surface area contributed by atoms with E-state index >= 15 is 0 Å². The lowest BCUT2D eigenvalue weighted by molar-refractivity contribution is -0.384. The van der Waals surface area contributed by atoms with Crippen molar-refractivity contribution >= 4 is 5.69 Å². The molecule has 0 N–H and O–H groups in total. The molecule has 0 aromatic heterocycles. The second-order valence-electron chi connectivity index (χ2n) is 5.94. The molecule has 4 rings (SSSR count). The zero-order chi connectivity index (χ0) is 11.4. The number of nitro benzene ring substituents is 1. The Bertz CT molecular complexity index is 447. The van der Waals surface area contributed by atoms with Crippen molar-refractivity contribution in [2.75, 3.05) is 0 Å². The van der Waals surface area contributed by atoms with Gasteiger partial charge in [0.25, 0.3) is 5.69 Å². The molecule has 3 saturated carbocycles. The van der Waals surface area contributed by atoms with E-state index in [2.05, 4.69) is 6.92 Å². The first kappa shape index (κ1) is 9.82. The topological polar surface area (TPSA) is 43.1 Å². The van der Waals surface area contributed by atoms with Crippen LogP contribution in [0.15, 0.2) is 24.3 Å². The van der Waals surface area contributed by atoms with Gasteiger partial charge in [-0.3, -0.25) is 10.1 Å². The van der Waals surface area contributed by atoms with Gasteiger partial charge < -0.3 is 0 Å². The Morgan fingerprint density at radius 3 is 2.62 bits per heavy atom. The van der Waals surface area contributed by atoms with Crippen molar-refractivity contribution < 1.29 is 4.92 Å². The molecule has 3 fully saturated rings. The van der Waals surface area contributed by atoms with Crippen LogP contribution in [0.4, 0.5) is 5.69 Å². The van der Waals surface area contributed by atoms with Crippen LogP contribution in [-0.4, -0.2) is 4.92 Å². The maximum atomic E-state index is 10.7. The summed E-state index contributed by atoms with van der Waals surface area (Å²) in [4.78, 5) is 10.4. The molecule has 1 aromatic rings. The van der Waals surface area contributed by atoms with Crippen LogP contribution in [0.3, 0.4) is 0 Å². The van der Waals surface area contributed by atoms with Crippen LogP contribution >= 0.6 is 0 Å². The first-order valence-electron chi connectivity index (χ1n) is 5.74. The molecule has 3 nitrogen and oxygen atoms in total. The number of hydrogen-bond donors (Lipinski definition) is 0. The molecule has 84 valence electrons. The average molecular weight is 217 g/mol. The van der Waals surface area contributed by atoms with Gasteiger partial charge in [0.05, 0.1) is 4.92 Å². The van der Waals surface area contributed by atoms with Gasteiger partial charge in [-0.1, -0.05) is 19.1 Å².